The van der Waals surface area contributed by atoms with Crippen molar-refractivity contribution in [2.24, 2.45) is 0 Å². The average Bonchev–Trinajstić information content (AvgIpc) is 2.51. The first kappa shape index (κ1) is 15.5. The molecule has 0 bridgehead atoms. The summed E-state index contributed by atoms with van der Waals surface area (Å²) in [6.45, 7) is 10.6. The van der Waals surface area contributed by atoms with Crippen LogP contribution in [0.25, 0.3) is 0 Å². The third kappa shape index (κ3) is 3.14. The van der Waals surface area contributed by atoms with E-state index in [1.807, 2.05) is 0 Å². The van der Waals surface area contributed by atoms with Crippen LogP contribution in [0.3, 0.4) is 0 Å². The molecule has 0 atom stereocenters. The fourth-order valence-corrected chi connectivity index (χ4v) is 4.27. The third-order valence-electron chi connectivity index (χ3n) is 6.10. The molecule has 2 fully saturated rings. The molecule has 4 rings (SSSR count). The molecular formula is C20H30N2O. The molecule has 2 saturated heterocycles. The summed E-state index contributed by atoms with van der Waals surface area (Å²) in [5, 5.41) is 0. The van der Waals surface area contributed by atoms with Gasteiger partial charge < -0.3 is 9.64 Å². The van der Waals surface area contributed by atoms with E-state index in [0.717, 1.165) is 12.3 Å². The molecule has 3 aliphatic heterocycles. The molecule has 3 nitrogen and oxygen atoms in total. The lowest BCUT2D eigenvalue weighted by molar-refractivity contribution is -0.0212. The average molecular weight is 314 g/mol. The molecule has 0 amide bonds. The van der Waals surface area contributed by atoms with Crippen molar-refractivity contribution in [1.29, 1.82) is 0 Å². The molecule has 23 heavy (non-hydrogen) atoms. The van der Waals surface area contributed by atoms with Gasteiger partial charge in [0.1, 0.15) is 11.4 Å². The fourth-order valence-electron chi connectivity index (χ4n) is 4.27. The van der Waals surface area contributed by atoms with E-state index < -0.39 is 0 Å². The summed E-state index contributed by atoms with van der Waals surface area (Å²) < 4.78 is 6.55. The topological polar surface area (TPSA) is 15.7 Å². The number of hydrogen-bond acceptors (Lipinski definition) is 3. The quantitative estimate of drug-likeness (QED) is 0.850. The van der Waals surface area contributed by atoms with Crippen molar-refractivity contribution in [3.63, 3.8) is 0 Å². The Balaban J connectivity index is 1.43. The minimum atomic E-state index is 0.109. The number of nitrogens with zero attached hydrogens (tertiary/aromatic N) is 2. The summed E-state index contributed by atoms with van der Waals surface area (Å²) in [7, 11) is 0. The predicted octanol–water partition coefficient (Wildman–Crippen LogP) is 3.46. The van der Waals surface area contributed by atoms with Gasteiger partial charge in [-0.25, -0.2) is 0 Å². The van der Waals surface area contributed by atoms with Crippen molar-refractivity contribution in [1.82, 2.24) is 9.80 Å². The number of likely N-dealkylation sites (tertiary alicyclic amines) is 2. The van der Waals surface area contributed by atoms with Gasteiger partial charge >= 0.3 is 0 Å². The van der Waals surface area contributed by atoms with Crippen molar-refractivity contribution in [2.45, 2.75) is 64.1 Å². The molecule has 1 spiro atoms. The van der Waals surface area contributed by atoms with Crippen molar-refractivity contribution in [3.8, 4) is 5.75 Å². The zero-order valence-corrected chi connectivity index (χ0v) is 14.7. The molecule has 0 unspecified atom stereocenters. The minimum Gasteiger partial charge on any atom is -0.487 e. The van der Waals surface area contributed by atoms with Crippen LogP contribution in [0.15, 0.2) is 18.2 Å². The van der Waals surface area contributed by atoms with Crippen LogP contribution in [-0.2, 0) is 13.0 Å². The van der Waals surface area contributed by atoms with E-state index in [9.17, 15) is 0 Å². The number of piperidine rings is 1. The van der Waals surface area contributed by atoms with Crippen molar-refractivity contribution >= 4 is 0 Å². The molecule has 3 heteroatoms. The van der Waals surface area contributed by atoms with Gasteiger partial charge in [-0.05, 0) is 76.2 Å². The number of benzene rings is 1. The van der Waals surface area contributed by atoms with Gasteiger partial charge in [-0.2, -0.15) is 0 Å². The van der Waals surface area contributed by atoms with Crippen LogP contribution in [0.4, 0.5) is 0 Å². The third-order valence-corrected chi connectivity index (χ3v) is 6.10. The SMILES string of the molecule is CC(C)N1CCC2(CCc3cc(CN4CCC4)ccc3O2)CC1. The van der Waals surface area contributed by atoms with E-state index in [-0.39, 0.29) is 5.60 Å². The van der Waals surface area contributed by atoms with Crippen LogP contribution in [0.1, 0.15) is 50.7 Å². The van der Waals surface area contributed by atoms with Crippen LogP contribution in [0.5, 0.6) is 5.75 Å². The van der Waals surface area contributed by atoms with E-state index in [0.29, 0.717) is 6.04 Å². The Morgan fingerprint density at radius 3 is 2.52 bits per heavy atom. The normalized spacial score (nSPS) is 24.3. The highest BCUT2D eigenvalue weighted by Gasteiger charge is 2.39. The molecule has 0 aliphatic carbocycles. The molecule has 0 N–H and O–H groups in total. The van der Waals surface area contributed by atoms with Crippen LogP contribution >= 0.6 is 0 Å². The Kier molecular flexibility index (Phi) is 4.10. The number of rotatable bonds is 3. The summed E-state index contributed by atoms with van der Waals surface area (Å²) in [4.78, 5) is 5.11. The Morgan fingerprint density at radius 2 is 1.87 bits per heavy atom. The van der Waals surface area contributed by atoms with Crippen molar-refractivity contribution < 1.29 is 4.74 Å². The maximum absolute atomic E-state index is 6.55. The summed E-state index contributed by atoms with van der Waals surface area (Å²) in [5.41, 5.74) is 3.00. The molecule has 0 radical (unpaired) electrons. The highest BCUT2D eigenvalue weighted by Crippen LogP contribution is 2.40. The molecular weight excluding hydrogens is 284 g/mol. The number of fused-ring (bicyclic) bond motifs is 1. The van der Waals surface area contributed by atoms with Crippen LogP contribution < -0.4 is 4.74 Å². The summed E-state index contributed by atoms with van der Waals surface area (Å²) in [6, 6.07) is 7.57. The first-order valence-electron chi connectivity index (χ1n) is 9.41. The number of ether oxygens (including phenoxy) is 1. The zero-order valence-electron chi connectivity index (χ0n) is 14.7. The Morgan fingerprint density at radius 1 is 1.09 bits per heavy atom. The van der Waals surface area contributed by atoms with Gasteiger partial charge in [0.05, 0.1) is 0 Å². The van der Waals surface area contributed by atoms with E-state index in [1.54, 1.807) is 0 Å². The lowest BCUT2D eigenvalue weighted by Gasteiger charge is -2.45. The van der Waals surface area contributed by atoms with Gasteiger partial charge in [0, 0.05) is 25.7 Å². The van der Waals surface area contributed by atoms with E-state index in [4.69, 9.17) is 4.74 Å². The zero-order chi connectivity index (χ0) is 15.9. The van der Waals surface area contributed by atoms with Crippen LogP contribution in [0, 0.1) is 0 Å². The minimum absolute atomic E-state index is 0.109. The van der Waals surface area contributed by atoms with Crippen LogP contribution in [0.2, 0.25) is 0 Å². The molecule has 1 aromatic rings. The summed E-state index contributed by atoms with van der Waals surface area (Å²) >= 11 is 0. The van der Waals surface area contributed by atoms with Gasteiger partial charge in [-0.15, -0.1) is 0 Å². The number of hydrogen-bond donors (Lipinski definition) is 0. The summed E-state index contributed by atoms with van der Waals surface area (Å²) in [5.74, 6) is 1.15. The van der Waals surface area contributed by atoms with Crippen molar-refractivity contribution in [2.75, 3.05) is 26.2 Å². The second-order valence-electron chi connectivity index (χ2n) is 7.99. The first-order chi connectivity index (χ1) is 11.1. The lowest BCUT2D eigenvalue weighted by atomic mass is 9.82. The maximum Gasteiger partial charge on any atom is 0.123 e. The smallest absolute Gasteiger partial charge is 0.123 e. The number of aryl methyl sites for hydroxylation is 1. The van der Waals surface area contributed by atoms with Gasteiger partial charge in [0.2, 0.25) is 0 Å². The molecule has 3 aliphatic rings. The van der Waals surface area contributed by atoms with E-state index >= 15 is 0 Å². The van der Waals surface area contributed by atoms with Crippen molar-refractivity contribution in [3.05, 3.63) is 29.3 Å². The van der Waals surface area contributed by atoms with Gasteiger partial charge in [0.25, 0.3) is 0 Å². The van der Waals surface area contributed by atoms with Gasteiger partial charge in [0.15, 0.2) is 0 Å². The standard InChI is InChI=1S/C20H30N2O/c1-16(2)22-12-8-20(9-13-22)7-6-18-14-17(4-5-19(18)23-20)15-21-10-3-11-21/h4-5,14,16H,3,6-13,15H2,1-2H3. The molecule has 3 heterocycles. The van der Waals surface area contributed by atoms with E-state index in [1.165, 1.54) is 69.4 Å². The largest absolute Gasteiger partial charge is 0.487 e. The van der Waals surface area contributed by atoms with Gasteiger partial charge in [-0.1, -0.05) is 12.1 Å². The lowest BCUT2D eigenvalue weighted by Crippen LogP contribution is -2.51. The second-order valence-corrected chi connectivity index (χ2v) is 7.99. The molecule has 0 aromatic heterocycles. The molecule has 0 saturated carbocycles. The Hall–Kier alpha value is -1.06. The monoisotopic (exact) mass is 314 g/mol. The first-order valence-corrected chi connectivity index (χ1v) is 9.41. The maximum atomic E-state index is 6.55. The fraction of sp³-hybridized carbons (Fsp3) is 0.700. The molecule has 1 aromatic carbocycles. The second kappa shape index (κ2) is 6.10. The predicted molar refractivity (Wildman–Crippen MR) is 94.0 cm³/mol. The highest BCUT2D eigenvalue weighted by molar-refractivity contribution is 5.40. The van der Waals surface area contributed by atoms with E-state index in [2.05, 4.69) is 41.8 Å². The van der Waals surface area contributed by atoms with Gasteiger partial charge in [-0.3, -0.25) is 4.90 Å². The Bertz CT molecular complexity index is 557. The van der Waals surface area contributed by atoms with Crippen LogP contribution in [-0.4, -0.2) is 47.6 Å². The Labute approximate surface area is 140 Å². The highest BCUT2D eigenvalue weighted by atomic mass is 16.5. The summed E-state index contributed by atoms with van der Waals surface area (Å²) in [6.07, 6.45) is 6.11. The molecule has 126 valence electrons.